The maximum Gasteiger partial charge on any atom is 0.334 e. The van der Waals surface area contributed by atoms with E-state index in [-0.39, 0.29) is 43.5 Å². The average Bonchev–Trinajstić information content (AvgIpc) is 3.37. The summed E-state index contributed by atoms with van der Waals surface area (Å²) in [4.78, 5) is 43.8. The smallest absolute Gasteiger partial charge is 0.334 e. The van der Waals surface area contributed by atoms with Gasteiger partial charge in [0.05, 0.1) is 19.2 Å². The Morgan fingerprint density at radius 1 is 1.18 bits per heavy atom. The molecule has 34 heavy (non-hydrogen) atoms. The van der Waals surface area contributed by atoms with Crippen molar-refractivity contribution in [1.82, 2.24) is 25.1 Å². The van der Waals surface area contributed by atoms with Crippen LogP contribution < -0.4 is 5.32 Å². The Hall–Kier alpha value is -3.12. The number of hydrogen-bond acceptors (Lipinski definition) is 5. The fraction of sp³-hybridized carbons (Fsp3) is 0.600. The van der Waals surface area contributed by atoms with E-state index < -0.39 is 12.2 Å². The maximum atomic E-state index is 13.6. The van der Waals surface area contributed by atoms with Gasteiger partial charge in [-0.25, -0.2) is 9.80 Å². The standard InChI is InChI=1S/C25H34N6O3/c1-2-3-13-21-24(33)29(20-11-7-8-12-20)17-22-30(21)23(32)18-28(15-14-26)31(22)25(34)27-16-19-9-5-4-6-10-19/h4-6,9-10,20-22H,2-3,7-8,11-13,15-18H2,1H3,(H,27,34)/t21-,22?/m0/s1. The number of fused-ring (bicyclic) bond motifs is 1. The van der Waals surface area contributed by atoms with E-state index >= 15 is 0 Å². The Morgan fingerprint density at radius 3 is 2.59 bits per heavy atom. The number of piperazine rings is 1. The average molecular weight is 467 g/mol. The minimum atomic E-state index is -0.620. The van der Waals surface area contributed by atoms with E-state index in [1.165, 1.54) is 10.0 Å². The molecule has 2 atom stereocenters. The van der Waals surface area contributed by atoms with Crippen LogP contribution in [0.3, 0.4) is 0 Å². The second kappa shape index (κ2) is 10.9. The van der Waals surface area contributed by atoms with Crippen LogP contribution >= 0.6 is 0 Å². The summed E-state index contributed by atoms with van der Waals surface area (Å²) in [5, 5.41) is 15.4. The molecule has 0 aromatic heterocycles. The van der Waals surface area contributed by atoms with Crippen molar-refractivity contribution >= 4 is 17.8 Å². The number of nitriles is 1. The normalized spacial score (nSPS) is 23.7. The Bertz CT molecular complexity index is 926. The van der Waals surface area contributed by atoms with Gasteiger partial charge in [0.2, 0.25) is 11.8 Å². The second-order valence-corrected chi connectivity index (χ2v) is 9.34. The van der Waals surface area contributed by atoms with Gasteiger partial charge in [0.15, 0.2) is 0 Å². The van der Waals surface area contributed by atoms with Crippen molar-refractivity contribution in [3.8, 4) is 6.07 Å². The molecule has 3 aliphatic rings. The van der Waals surface area contributed by atoms with Gasteiger partial charge < -0.3 is 15.1 Å². The summed E-state index contributed by atoms with van der Waals surface area (Å²) in [6.07, 6.45) is 5.79. The van der Waals surface area contributed by atoms with Gasteiger partial charge in [-0.2, -0.15) is 10.3 Å². The van der Waals surface area contributed by atoms with E-state index in [0.717, 1.165) is 44.1 Å². The van der Waals surface area contributed by atoms with Crippen LogP contribution in [-0.4, -0.2) is 75.5 Å². The first-order valence-corrected chi connectivity index (χ1v) is 12.4. The fourth-order valence-electron chi connectivity index (χ4n) is 5.45. The third kappa shape index (κ3) is 4.87. The van der Waals surface area contributed by atoms with Crippen LogP contribution in [0.1, 0.15) is 57.4 Å². The predicted molar refractivity (Wildman–Crippen MR) is 126 cm³/mol. The number of hydrazine groups is 1. The topological polar surface area (TPSA) is 100.0 Å². The number of carbonyl (C=O) groups excluding carboxylic acids is 3. The zero-order chi connectivity index (χ0) is 24.1. The number of rotatable bonds is 7. The Balaban J connectivity index is 1.63. The summed E-state index contributed by atoms with van der Waals surface area (Å²) in [7, 11) is 0. The third-order valence-electron chi connectivity index (χ3n) is 7.12. The van der Waals surface area contributed by atoms with Gasteiger partial charge in [-0.05, 0) is 24.8 Å². The summed E-state index contributed by atoms with van der Waals surface area (Å²) < 4.78 is 0. The number of unbranched alkanes of at least 4 members (excludes halogenated alkanes) is 1. The van der Waals surface area contributed by atoms with Crippen molar-refractivity contribution in [2.24, 2.45) is 0 Å². The van der Waals surface area contributed by atoms with Crippen molar-refractivity contribution in [3.05, 3.63) is 35.9 Å². The van der Waals surface area contributed by atoms with E-state index in [4.69, 9.17) is 0 Å². The molecule has 0 bridgehead atoms. The lowest BCUT2D eigenvalue weighted by Gasteiger charge is -2.55. The van der Waals surface area contributed by atoms with Crippen LogP contribution in [0.25, 0.3) is 0 Å². The minimum Gasteiger partial charge on any atom is -0.334 e. The van der Waals surface area contributed by atoms with Crippen LogP contribution in [0.2, 0.25) is 0 Å². The van der Waals surface area contributed by atoms with E-state index in [0.29, 0.717) is 13.0 Å². The zero-order valence-electron chi connectivity index (χ0n) is 19.9. The van der Waals surface area contributed by atoms with E-state index in [9.17, 15) is 19.6 Å². The minimum absolute atomic E-state index is 0.00308. The molecule has 2 heterocycles. The van der Waals surface area contributed by atoms with Crippen molar-refractivity contribution in [1.29, 1.82) is 5.26 Å². The Kier molecular flexibility index (Phi) is 7.68. The number of urea groups is 1. The lowest BCUT2D eigenvalue weighted by molar-refractivity contribution is -0.191. The van der Waals surface area contributed by atoms with Gasteiger partial charge in [0.25, 0.3) is 0 Å². The predicted octanol–water partition coefficient (Wildman–Crippen LogP) is 2.45. The zero-order valence-corrected chi connectivity index (χ0v) is 19.9. The molecule has 1 saturated carbocycles. The Morgan fingerprint density at radius 2 is 1.91 bits per heavy atom. The summed E-state index contributed by atoms with van der Waals surface area (Å²) in [6, 6.07) is 10.9. The highest BCUT2D eigenvalue weighted by Crippen LogP contribution is 2.33. The molecule has 0 radical (unpaired) electrons. The third-order valence-corrected chi connectivity index (χ3v) is 7.12. The first kappa shape index (κ1) is 24.0. The van der Waals surface area contributed by atoms with Gasteiger partial charge >= 0.3 is 6.03 Å². The fourth-order valence-corrected chi connectivity index (χ4v) is 5.45. The molecule has 1 aliphatic carbocycles. The molecule has 1 aromatic rings. The largest absolute Gasteiger partial charge is 0.334 e. The van der Waals surface area contributed by atoms with E-state index in [2.05, 4.69) is 18.3 Å². The SMILES string of the molecule is CCCC[C@H]1C(=O)N(C2CCCC2)CC2N1C(=O)CN(CC#N)N2C(=O)NCc1ccccc1. The molecule has 2 saturated heterocycles. The molecule has 4 rings (SSSR count). The number of amides is 4. The molecule has 1 unspecified atom stereocenters. The van der Waals surface area contributed by atoms with Crippen molar-refractivity contribution < 1.29 is 14.4 Å². The van der Waals surface area contributed by atoms with Crippen molar-refractivity contribution in [2.45, 2.75) is 76.7 Å². The van der Waals surface area contributed by atoms with Gasteiger partial charge in [-0.1, -0.05) is 62.9 Å². The van der Waals surface area contributed by atoms with Crippen LogP contribution in [0.15, 0.2) is 30.3 Å². The second-order valence-electron chi connectivity index (χ2n) is 9.34. The van der Waals surface area contributed by atoms with E-state index in [1.54, 1.807) is 4.90 Å². The van der Waals surface area contributed by atoms with Gasteiger partial charge in [-0.15, -0.1) is 0 Å². The number of nitrogens with one attached hydrogen (secondary N) is 1. The number of nitrogens with zero attached hydrogens (tertiary/aromatic N) is 5. The molecule has 9 heteroatoms. The van der Waals surface area contributed by atoms with E-state index in [1.807, 2.05) is 35.2 Å². The summed E-state index contributed by atoms with van der Waals surface area (Å²) >= 11 is 0. The molecular weight excluding hydrogens is 432 g/mol. The highest BCUT2D eigenvalue weighted by atomic mass is 16.2. The molecular formula is C25H34N6O3. The van der Waals surface area contributed by atoms with Crippen molar-refractivity contribution in [3.63, 3.8) is 0 Å². The van der Waals surface area contributed by atoms with Crippen LogP contribution in [0.5, 0.6) is 0 Å². The molecule has 182 valence electrons. The first-order valence-electron chi connectivity index (χ1n) is 12.4. The monoisotopic (exact) mass is 466 g/mol. The number of hydrogen-bond donors (Lipinski definition) is 1. The lowest BCUT2D eigenvalue weighted by atomic mass is 9.99. The lowest BCUT2D eigenvalue weighted by Crippen LogP contribution is -2.77. The molecule has 0 spiro atoms. The number of carbonyl (C=O) groups is 3. The van der Waals surface area contributed by atoms with Crippen molar-refractivity contribution in [2.75, 3.05) is 19.6 Å². The van der Waals surface area contributed by atoms with Gasteiger partial charge in [0, 0.05) is 12.6 Å². The molecule has 1 N–H and O–H groups in total. The van der Waals surface area contributed by atoms with Gasteiger partial charge in [0.1, 0.15) is 18.8 Å². The summed E-state index contributed by atoms with van der Waals surface area (Å²) in [5.41, 5.74) is 0.958. The highest BCUT2D eigenvalue weighted by molar-refractivity contribution is 5.91. The first-order chi connectivity index (χ1) is 16.5. The molecule has 9 nitrogen and oxygen atoms in total. The summed E-state index contributed by atoms with van der Waals surface area (Å²) in [5.74, 6) is -0.198. The molecule has 2 aliphatic heterocycles. The summed E-state index contributed by atoms with van der Waals surface area (Å²) in [6.45, 7) is 2.50. The van der Waals surface area contributed by atoms with Crippen LogP contribution in [-0.2, 0) is 16.1 Å². The van der Waals surface area contributed by atoms with Gasteiger partial charge in [-0.3, -0.25) is 9.59 Å². The number of benzene rings is 1. The molecule has 4 amide bonds. The Labute approximate surface area is 201 Å². The maximum absolute atomic E-state index is 13.6. The van der Waals surface area contributed by atoms with Crippen LogP contribution in [0, 0.1) is 11.3 Å². The quantitative estimate of drug-likeness (QED) is 0.622. The molecule has 1 aromatic carbocycles. The van der Waals surface area contributed by atoms with Crippen LogP contribution in [0.4, 0.5) is 4.79 Å². The highest BCUT2D eigenvalue weighted by Gasteiger charge is 2.52. The molecule has 3 fully saturated rings.